The van der Waals surface area contributed by atoms with Gasteiger partial charge in [0.1, 0.15) is 23.0 Å². The molecular weight excluding hydrogens is 440 g/mol. The van der Waals surface area contributed by atoms with Crippen molar-refractivity contribution in [1.29, 1.82) is 0 Å². The third kappa shape index (κ3) is 6.70. The molecule has 0 spiro atoms. The van der Waals surface area contributed by atoms with E-state index in [1.807, 2.05) is 19.1 Å². The number of benzene rings is 2. The Hall–Kier alpha value is -4.60. The number of hydrogen-bond acceptors (Lipinski definition) is 7. The molecular formula is C24H24N4O6. The number of nitrogens with zero attached hydrogens (tertiary/aromatic N) is 1. The van der Waals surface area contributed by atoms with E-state index in [-0.39, 0.29) is 6.54 Å². The van der Waals surface area contributed by atoms with Crippen LogP contribution in [0.1, 0.15) is 27.4 Å². The standard InChI is InChI=1S/C24H24N4O6/c1-15-4-6-17(7-5-15)27-24(31)23(30)25-13-18-8-9-19(34-18)14-26-28-22(29)16-10-20(32-2)12-21(11-16)33-3/h4-12,14H,13H2,1-3H3,(H,25,30)(H,27,31)(H,28,29)/b26-14-. The molecule has 2 aromatic carbocycles. The van der Waals surface area contributed by atoms with Gasteiger partial charge in [0.25, 0.3) is 5.91 Å². The number of carbonyl (C=O) groups is 3. The second kappa shape index (κ2) is 11.3. The van der Waals surface area contributed by atoms with Gasteiger partial charge in [-0.3, -0.25) is 14.4 Å². The van der Waals surface area contributed by atoms with Gasteiger partial charge in [-0.15, -0.1) is 0 Å². The van der Waals surface area contributed by atoms with E-state index in [1.54, 1.807) is 42.5 Å². The quantitative estimate of drug-likeness (QED) is 0.267. The number of hydrogen-bond donors (Lipinski definition) is 3. The maximum Gasteiger partial charge on any atom is 0.313 e. The highest BCUT2D eigenvalue weighted by Gasteiger charge is 2.14. The molecule has 0 aliphatic rings. The zero-order valence-corrected chi connectivity index (χ0v) is 18.9. The van der Waals surface area contributed by atoms with Crippen LogP contribution in [0.5, 0.6) is 11.5 Å². The lowest BCUT2D eigenvalue weighted by molar-refractivity contribution is -0.136. The summed E-state index contributed by atoms with van der Waals surface area (Å²) in [5.74, 6) is -0.356. The van der Waals surface area contributed by atoms with E-state index in [0.29, 0.717) is 34.3 Å². The summed E-state index contributed by atoms with van der Waals surface area (Å²) in [6, 6.07) is 15.1. The van der Waals surface area contributed by atoms with Gasteiger partial charge in [-0.1, -0.05) is 17.7 Å². The Balaban J connectivity index is 1.49. The smallest absolute Gasteiger partial charge is 0.313 e. The van der Waals surface area contributed by atoms with Gasteiger partial charge in [0.2, 0.25) is 0 Å². The molecule has 3 aromatic rings. The Morgan fingerprint density at radius 2 is 1.62 bits per heavy atom. The van der Waals surface area contributed by atoms with Crippen LogP contribution in [-0.2, 0) is 16.1 Å². The topological polar surface area (TPSA) is 131 Å². The van der Waals surface area contributed by atoms with E-state index in [4.69, 9.17) is 13.9 Å². The number of hydrazone groups is 1. The normalized spacial score (nSPS) is 10.6. The van der Waals surface area contributed by atoms with Crippen LogP contribution in [0.15, 0.2) is 64.1 Å². The molecule has 0 aliphatic heterocycles. The molecule has 0 saturated heterocycles. The monoisotopic (exact) mass is 464 g/mol. The van der Waals surface area contributed by atoms with Crippen molar-refractivity contribution in [2.45, 2.75) is 13.5 Å². The van der Waals surface area contributed by atoms with Gasteiger partial charge in [0.05, 0.1) is 27.0 Å². The lowest BCUT2D eigenvalue weighted by atomic mass is 10.2. The molecule has 0 radical (unpaired) electrons. The third-order valence-electron chi connectivity index (χ3n) is 4.59. The Kier molecular flexibility index (Phi) is 8.01. The lowest BCUT2D eigenvalue weighted by Crippen LogP contribution is -2.34. The minimum atomic E-state index is -0.798. The number of anilines is 1. The molecule has 0 unspecified atom stereocenters. The first kappa shape index (κ1) is 24.1. The first-order valence-electron chi connectivity index (χ1n) is 10.2. The zero-order chi connectivity index (χ0) is 24.5. The second-order valence-corrected chi connectivity index (χ2v) is 7.11. The predicted octanol–water partition coefficient (Wildman–Crippen LogP) is 2.62. The molecule has 34 heavy (non-hydrogen) atoms. The molecule has 0 fully saturated rings. The molecule has 3 N–H and O–H groups in total. The van der Waals surface area contributed by atoms with Crippen molar-refractivity contribution < 1.29 is 28.3 Å². The van der Waals surface area contributed by atoms with Gasteiger partial charge in [0, 0.05) is 17.3 Å². The average Bonchev–Trinajstić information content (AvgIpc) is 3.31. The Morgan fingerprint density at radius 1 is 0.941 bits per heavy atom. The fraction of sp³-hybridized carbons (Fsp3) is 0.167. The first-order valence-corrected chi connectivity index (χ1v) is 10.2. The van der Waals surface area contributed by atoms with Crippen LogP contribution < -0.4 is 25.5 Å². The van der Waals surface area contributed by atoms with Crippen LogP contribution in [-0.4, -0.2) is 38.2 Å². The van der Waals surface area contributed by atoms with E-state index < -0.39 is 17.7 Å². The second-order valence-electron chi connectivity index (χ2n) is 7.11. The minimum Gasteiger partial charge on any atom is -0.497 e. The summed E-state index contributed by atoms with van der Waals surface area (Å²) < 4.78 is 15.8. The van der Waals surface area contributed by atoms with Crippen LogP contribution in [0.3, 0.4) is 0 Å². The maximum atomic E-state index is 12.3. The van der Waals surface area contributed by atoms with Crippen molar-refractivity contribution in [2.24, 2.45) is 5.10 Å². The van der Waals surface area contributed by atoms with E-state index in [2.05, 4.69) is 21.2 Å². The van der Waals surface area contributed by atoms with E-state index >= 15 is 0 Å². The van der Waals surface area contributed by atoms with Gasteiger partial charge >= 0.3 is 11.8 Å². The van der Waals surface area contributed by atoms with Gasteiger partial charge in [-0.2, -0.15) is 5.10 Å². The summed E-state index contributed by atoms with van der Waals surface area (Å²) in [6.45, 7) is 1.93. The Bertz CT molecular complexity index is 1180. The molecule has 0 atom stereocenters. The van der Waals surface area contributed by atoms with Crippen molar-refractivity contribution in [3.63, 3.8) is 0 Å². The van der Waals surface area contributed by atoms with Gasteiger partial charge in [0.15, 0.2) is 0 Å². The highest BCUT2D eigenvalue weighted by atomic mass is 16.5. The van der Waals surface area contributed by atoms with E-state index in [0.717, 1.165) is 5.56 Å². The number of carbonyl (C=O) groups excluding carboxylic acids is 3. The van der Waals surface area contributed by atoms with Crippen molar-refractivity contribution >= 4 is 29.6 Å². The molecule has 10 heteroatoms. The van der Waals surface area contributed by atoms with Crippen LogP contribution in [0.2, 0.25) is 0 Å². The van der Waals surface area contributed by atoms with Crippen LogP contribution >= 0.6 is 0 Å². The van der Waals surface area contributed by atoms with Crippen molar-refractivity contribution in [1.82, 2.24) is 10.7 Å². The first-order chi connectivity index (χ1) is 16.4. The molecule has 1 heterocycles. The predicted molar refractivity (Wildman–Crippen MR) is 125 cm³/mol. The van der Waals surface area contributed by atoms with Crippen molar-refractivity contribution in [3.8, 4) is 11.5 Å². The Labute approximate surface area is 195 Å². The summed E-state index contributed by atoms with van der Waals surface area (Å²) in [6.07, 6.45) is 1.31. The molecule has 3 amide bonds. The highest BCUT2D eigenvalue weighted by Crippen LogP contribution is 2.22. The number of ether oxygens (including phenoxy) is 2. The highest BCUT2D eigenvalue weighted by molar-refractivity contribution is 6.39. The van der Waals surface area contributed by atoms with Gasteiger partial charge in [-0.05, 0) is 43.3 Å². The zero-order valence-electron chi connectivity index (χ0n) is 18.9. The number of rotatable bonds is 8. The summed E-state index contributed by atoms with van der Waals surface area (Å²) in [7, 11) is 2.98. The summed E-state index contributed by atoms with van der Waals surface area (Å²) in [4.78, 5) is 36.3. The minimum absolute atomic E-state index is 0.00392. The molecule has 3 rings (SSSR count). The molecule has 176 valence electrons. The SMILES string of the molecule is COc1cc(OC)cc(C(=O)N/N=C\c2ccc(CNC(=O)C(=O)Nc3ccc(C)cc3)o2)c1. The fourth-order valence-electron chi connectivity index (χ4n) is 2.79. The van der Waals surface area contributed by atoms with E-state index in [1.165, 1.54) is 20.4 Å². The Morgan fingerprint density at radius 3 is 2.26 bits per heavy atom. The van der Waals surface area contributed by atoms with Crippen LogP contribution in [0, 0.1) is 6.92 Å². The number of aryl methyl sites for hydroxylation is 1. The van der Waals surface area contributed by atoms with Crippen LogP contribution in [0.4, 0.5) is 5.69 Å². The molecule has 0 saturated carbocycles. The largest absolute Gasteiger partial charge is 0.497 e. The van der Waals surface area contributed by atoms with Gasteiger partial charge in [-0.25, -0.2) is 5.43 Å². The number of amides is 3. The maximum absolute atomic E-state index is 12.3. The average molecular weight is 464 g/mol. The summed E-state index contributed by atoms with van der Waals surface area (Å²) in [5.41, 5.74) is 4.26. The molecule has 10 nitrogen and oxygen atoms in total. The lowest BCUT2D eigenvalue weighted by Gasteiger charge is -2.07. The summed E-state index contributed by atoms with van der Waals surface area (Å²) in [5, 5.41) is 8.86. The van der Waals surface area contributed by atoms with E-state index in [9.17, 15) is 14.4 Å². The van der Waals surface area contributed by atoms with Crippen LogP contribution in [0.25, 0.3) is 0 Å². The number of nitrogens with one attached hydrogen (secondary N) is 3. The molecule has 0 aliphatic carbocycles. The molecule has 0 bridgehead atoms. The number of methoxy groups -OCH3 is 2. The summed E-state index contributed by atoms with van der Waals surface area (Å²) >= 11 is 0. The third-order valence-corrected chi connectivity index (χ3v) is 4.59. The van der Waals surface area contributed by atoms with Gasteiger partial charge < -0.3 is 24.5 Å². The van der Waals surface area contributed by atoms with Crippen molar-refractivity contribution in [2.75, 3.05) is 19.5 Å². The fourth-order valence-corrected chi connectivity index (χ4v) is 2.79. The van der Waals surface area contributed by atoms with Crippen molar-refractivity contribution in [3.05, 3.63) is 77.2 Å². The molecule has 1 aromatic heterocycles. The number of furan rings is 1.